The van der Waals surface area contributed by atoms with Crippen LogP contribution in [0.4, 0.5) is 9.59 Å². The minimum atomic E-state index is -0.688. The van der Waals surface area contributed by atoms with Crippen molar-refractivity contribution in [3.63, 3.8) is 0 Å². The Kier molecular flexibility index (Phi) is 12.5. The number of rotatable bonds is 10. The highest BCUT2D eigenvalue weighted by molar-refractivity contribution is 5.86. The Morgan fingerprint density at radius 3 is 1.91 bits per heavy atom. The predicted octanol–water partition coefficient (Wildman–Crippen LogP) is 7.21. The summed E-state index contributed by atoms with van der Waals surface area (Å²) in [4.78, 5) is 69.6. The lowest BCUT2D eigenvalue weighted by Crippen LogP contribution is -2.53. The number of alkyl carbamates (subject to hydrolysis) is 1. The van der Waals surface area contributed by atoms with E-state index in [4.69, 9.17) is 14.5 Å². The number of hydrogen-bond acceptors (Lipinski definition) is 8. The molecule has 2 fully saturated rings. The minimum Gasteiger partial charge on any atom is -0.453 e. The van der Waals surface area contributed by atoms with Gasteiger partial charge in [-0.3, -0.25) is 15.0 Å². The molecule has 1 aliphatic carbocycles. The van der Waals surface area contributed by atoms with E-state index in [-0.39, 0.29) is 47.6 Å². The van der Waals surface area contributed by atoms with Crippen molar-refractivity contribution in [2.75, 3.05) is 20.8 Å². The van der Waals surface area contributed by atoms with Gasteiger partial charge in [0.25, 0.3) is 0 Å². The van der Waals surface area contributed by atoms with Crippen molar-refractivity contribution in [1.29, 1.82) is 0 Å². The van der Waals surface area contributed by atoms with Crippen LogP contribution in [0.15, 0.2) is 60.9 Å². The van der Waals surface area contributed by atoms with Crippen molar-refractivity contribution in [2.45, 2.75) is 90.8 Å². The molecule has 14 nitrogen and oxygen atoms in total. The first-order valence-electron chi connectivity index (χ1n) is 19.5. The fourth-order valence-corrected chi connectivity index (χ4v) is 8.04. The number of nitrogens with one attached hydrogen (secondary N) is 4. The zero-order valence-electron chi connectivity index (χ0n) is 33.3. The van der Waals surface area contributed by atoms with Crippen LogP contribution in [0.5, 0.6) is 0 Å². The third-order valence-corrected chi connectivity index (χ3v) is 11.2. The zero-order chi connectivity index (χ0) is 40.1. The summed E-state index contributed by atoms with van der Waals surface area (Å²) in [5.74, 6) is 0.685. The molecule has 2 aliphatic rings. The molecule has 3 heterocycles. The van der Waals surface area contributed by atoms with Crippen LogP contribution in [-0.2, 0) is 19.1 Å². The number of imidazole rings is 2. The summed E-state index contributed by atoms with van der Waals surface area (Å²) in [6, 6.07) is 15.4. The molecule has 4 N–H and O–H groups in total. The molecule has 2 aromatic carbocycles. The van der Waals surface area contributed by atoms with Crippen LogP contribution >= 0.6 is 0 Å². The number of ether oxygens (including phenoxy) is 2. The number of aromatic amines is 2. The van der Waals surface area contributed by atoms with E-state index >= 15 is 0 Å². The molecule has 4 aromatic rings. The van der Waals surface area contributed by atoms with Crippen molar-refractivity contribution in [2.24, 2.45) is 17.8 Å². The molecule has 0 radical (unpaired) electrons. The van der Waals surface area contributed by atoms with Crippen LogP contribution in [-0.4, -0.2) is 86.7 Å². The fraction of sp³-hybridized carbons (Fsp3) is 0.476. The highest BCUT2D eigenvalue weighted by Crippen LogP contribution is 2.41. The molecule has 56 heavy (non-hydrogen) atoms. The van der Waals surface area contributed by atoms with E-state index in [1.807, 2.05) is 38.8 Å². The summed E-state index contributed by atoms with van der Waals surface area (Å²) in [6.45, 7) is 10.1. The van der Waals surface area contributed by atoms with Crippen LogP contribution in [0, 0.1) is 17.8 Å². The number of benzene rings is 2. The maximum Gasteiger partial charge on any atom is 0.428 e. The second-order valence-corrected chi connectivity index (χ2v) is 15.5. The van der Waals surface area contributed by atoms with E-state index in [9.17, 15) is 19.2 Å². The number of hydrazine groups is 1. The summed E-state index contributed by atoms with van der Waals surface area (Å²) >= 11 is 0. The highest BCUT2D eigenvalue weighted by Gasteiger charge is 2.40. The van der Waals surface area contributed by atoms with Gasteiger partial charge in [-0.05, 0) is 73.6 Å². The second kappa shape index (κ2) is 17.4. The van der Waals surface area contributed by atoms with Gasteiger partial charge in [0, 0.05) is 12.5 Å². The van der Waals surface area contributed by atoms with Crippen molar-refractivity contribution in [1.82, 2.24) is 40.6 Å². The number of H-pyrrole nitrogens is 2. The van der Waals surface area contributed by atoms with Crippen molar-refractivity contribution < 1.29 is 28.7 Å². The molecule has 2 aromatic heterocycles. The van der Waals surface area contributed by atoms with Gasteiger partial charge in [-0.2, -0.15) is 0 Å². The van der Waals surface area contributed by atoms with Crippen LogP contribution in [0.2, 0.25) is 0 Å². The summed E-state index contributed by atoms with van der Waals surface area (Å²) in [6.07, 6.45) is 6.76. The molecule has 1 saturated carbocycles. The van der Waals surface area contributed by atoms with E-state index in [0.717, 1.165) is 77.4 Å². The zero-order valence-corrected chi connectivity index (χ0v) is 33.3. The van der Waals surface area contributed by atoms with E-state index in [1.165, 1.54) is 19.2 Å². The fourth-order valence-electron chi connectivity index (χ4n) is 8.04. The first-order valence-corrected chi connectivity index (χ1v) is 19.5. The minimum absolute atomic E-state index is 0.105. The van der Waals surface area contributed by atoms with E-state index in [0.29, 0.717) is 6.54 Å². The van der Waals surface area contributed by atoms with Gasteiger partial charge in [0.05, 0.1) is 56.0 Å². The van der Waals surface area contributed by atoms with E-state index in [1.54, 1.807) is 6.20 Å². The number of aromatic nitrogens is 4. The molecule has 5 atom stereocenters. The molecule has 1 unspecified atom stereocenters. The summed E-state index contributed by atoms with van der Waals surface area (Å²) in [5, 5.41) is 3.93. The highest BCUT2D eigenvalue weighted by atomic mass is 16.5. The Hall–Kier alpha value is -5.66. The van der Waals surface area contributed by atoms with Gasteiger partial charge in [0.15, 0.2) is 0 Å². The number of hydrogen-bond donors (Lipinski definition) is 4. The summed E-state index contributed by atoms with van der Waals surface area (Å²) in [7, 11) is 2.59. The lowest BCUT2D eigenvalue weighted by Gasteiger charge is -2.36. The van der Waals surface area contributed by atoms with Crippen molar-refractivity contribution in [3.8, 4) is 33.6 Å². The van der Waals surface area contributed by atoms with E-state index in [2.05, 4.69) is 81.1 Å². The first-order chi connectivity index (χ1) is 26.9. The normalized spacial score (nSPS) is 20.1. The van der Waals surface area contributed by atoms with Crippen LogP contribution < -0.4 is 10.7 Å². The van der Waals surface area contributed by atoms with Crippen molar-refractivity contribution >= 4 is 24.0 Å². The SMILES string of the molecule is COC(=O)NC(C(=O)N1CCC[C@H]1c1ncc(-c2ccc(-c3ccc(-c4cnc([C@@H]5CCC[C@H](C)[C@H]5C(=O)NN(C(=O)OC)C(C)C)[nH]4)cc3)cc2)[nH]1)C(C)C. The quantitative estimate of drug-likeness (QED) is 0.123. The number of carbonyl (C=O) groups excluding carboxylic acids is 4. The molecule has 14 heteroatoms. The molecule has 1 aliphatic heterocycles. The van der Waals surface area contributed by atoms with Gasteiger partial charge in [-0.25, -0.2) is 24.6 Å². The number of nitrogens with zero attached hydrogens (tertiary/aromatic N) is 4. The van der Waals surface area contributed by atoms with Crippen LogP contribution in [0.3, 0.4) is 0 Å². The molecule has 1 saturated heterocycles. The standard InChI is InChI=1S/C42H54N8O6/c1-24(2)36(47-41(53)55-6)40(52)49-21-9-12-34(49)38-44-23-33(46-38)30-19-15-28(16-20-30)27-13-17-29(18-14-27)32-22-43-37(45-32)31-11-8-10-26(5)35(31)39(51)48-50(25(3)4)42(54)56-7/h13-20,22-26,31,34-36H,8-12,21H2,1-7H3,(H,43,45)(H,44,46)(H,47,53)(H,48,51)/t26-,31+,34-,35+,36?/m0/s1. The second-order valence-electron chi connectivity index (χ2n) is 15.5. The average molecular weight is 767 g/mol. The Bertz CT molecular complexity index is 1990. The van der Waals surface area contributed by atoms with Gasteiger partial charge >= 0.3 is 12.2 Å². The molecule has 298 valence electrons. The van der Waals surface area contributed by atoms with Gasteiger partial charge in [0.2, 0.25) is 11.8 Å². The van der Waals surface area contributed by atoms with Gasteiger partial charge in [-0.1, -0.05) is 75.7 Å². The first kappa shape index (κ1) is 40.0. The van der Waals surface area contributed by atoms with Crippen molar-refractivity contribution in [3.05, 3.63) is 72.6 Å². The molecule has 0 bridgehead atoms. The average Bonchev–Trinajstić information content (AvgIpc) is 4.00. The molecule has 6 rings (SSSR count). The lowest BCUT2D eigenvalue weighted by atomic mass is 9.72. The molecule has 0 spiro atoms. The maximum atomic E-state index is 13.6. The Labute approximate surface area is 328 Å². The number of methoxy groups -OCH3 is 2. The Balaban J connectivity index is 1.12. The monoisotopic (exact) mass is 766 g/mol. The topological polar surface area (TPSA) is 175 Å². The Morgan fingerprint density at radius 2 is 1.36 bits per heavy atom. The third-order valence-electron chi connectivity index (χ3n) is 11.2. The number of amides is 4. The summed E-state index contributed by atoms with van der Waals surface area (Å²) in [5.41, 5.74) is 8.62. The number of carbonyl (C=O) groups is 4. The third kappa shape index (κ3) is 8.58. The van der Waals surface area contributed by atoms with Gasteiger partial charge < -0.3 is 29.7 Å². The maximum absolute atomic E-state index is 13.6. The number of likely N-dealkylation sites (tertiary alicyclic amines) is 1. The Morgan fingerprint density at radius 1 is 0.786 bits per heavy atom. The van der Waals surface area contributed by atoms with Crippen LogP contribution in [0.25, 0.3) is 33.6 Å². The van der Waals surface area contributed by atoms with Gasteiger partial charge in [0.1, 0.15) is 17.7 Å². The van der Waals surface area contributed by atoms with Gasteiger partial charge in [-0.15, -0.1) is 0 Å². The molecule has 4 amide bonds. The lowest BCUT2D eigenvalue weighted by molar-refractivity contribution is -0.135. The smallest absolute Gasteiger partial charge is 0.428 e. The van der Waals surface area contributed by atoms with Crippen LogP contribution in [0.1, 0.15) is 90.3 Å². The van der Waals surface area contributed by atoms with E-state index < -0.39 is 18.2 Å². The predicted molar refractivity (Wildman–Crippen MR) is 212 cm³/mol. The molecular weight excluding hydrogens is 713 g/mol. The molecular formula is C42H54N8O6. The summed E-state index contributed by atoms with van der Waals surface area (Å²) < 4.78 is 9.64. The largest absolute Gasteiger partial charge is 0.453 e.